The van der Waals surface area contributed by atoms with Crippen LogP contribution in [0.1, 0.15) is 5.56 Å². The lowest BCUT2D eigenvalue weighted by Crippen LogP contribution is -2.19. The Bertz CT molecular complexity index is 1140. The molecule has 2 heterocycles. The number of H-pyrrole nitrogens is 1. The van der Waals surface area contributed by atoms with Gasteiger partial charge in [0.05, 0.1) is 12.1 Å². The Balaban J connectivity index is 1.98. The summed E-state index contributed by atoms with van der Waals surface area (Å²) in [6, 6.07) is 14.3. The highest BCUT2D eigenvalue weighted by Crippen LogP contribution is 2.20. The molecule has 2 aromatic heterocycles. The molecule has 0 fully saturated rings. The van der Waals surface area contributed by atoms with E-state index < -0.39 is 5.76 Å². The van der Waals surface area contributed by atoms with Gasteiger partial charge < -0.3 is 9.40 Å². The lowest BCUT2D eigenvalue weighted by Gasteiger charge is -2.03. The molecule has 0 saturated heterocycles. The van der Waals surface area contributed by atoms with E-state index in [0.717, 1.165) is 5.56 Å². The van der Waals surface area contributed by atoms with E-state index in [1.807, 2.05) is 30.3 Å². The number of rotatable bonds is 2. The third-order valence-electron chi connectivity index (χ3n) is 3.78. The summed E-state index contributed by atoms with van der Waals surface area (Å²) in [7, 11) is 0. The standard InChI is InChI=1S/C17H11ClN2O3/c18-11-7-5-10(6-8-11)9-20-14-15(23-17(20)22)12-3-1-2-4-13(12)19-16(14)21/h1-8H,9H2,(H,19,21). The predicted molar refractivity (Wildman–Crippen MR) is 89.2 cm³/mol. The van der Waals surface area contributed by atoms with E-state index in [-0.39, 0.29) is 17.6 Å². The number of hydrogen-bond donors (Lipinski definition) is 1. The minimum Gasteiger partial charge on any atom is -0.407 e. The van der Waals surface area contributed by atoms with Gasteiger partial charge in [0.2, 0.25) is 0 Å². The average molecular weight is 327 g/mol. The summed E-state index contributed by atoms with van der Waals surface area (Å²) in [5, 5.41) is 1.32. The van der Waals surface area contributed by atoms with Crippen LogP contribution in [-0.4, -0.2) is 9.55 Å². The molecule has 0 aliphatic heterocycles. The fourth-order valence-electron chi connectivity index (χ4n) is 2.70. The Kier molecular flexibility index (Phi) is 3.09. The lowest BCUT2D eigenvalue weighted by atomic mass is 10.2. The van der Waals surface area contributed by atoms with Crippen LogP contribution in [0.5, 0.6) is 0 Å². The van der Waals surface area contributed by atoms with Gasteiger partial charge in [-0.15, -0.1) is 0 Å². The number of pyridine rings is 1. The molecule has 6 heteroatoms. The molecule has 0 bridgehead atoms. The van der Waals surface area contributed by atoms with Crippen molar-refractivity contribution in [3.63, 3.8) is 0 Å². The summed E-state index contributed by atoms with van der Waals surface area (Å²) in [5.74, 6) is -0.559. The van der Waals surface area contributed by atoms with Crippen LogP contribution in [0, 0.1) is 0 Å². The van der Waals surface area contributed by atoms with Crippen molar-refractivity contribution < 1.29 is 4.42 Å². The van der Waals surface area contributed by atoms with Gasteiger partial charge in [0, 0.05) is 10.4 Å². The fraction of sp³-hybridized carbons (Fsp3) is 0.0588. The van der Waals surface area contributed by atoms with Crippen LogP contribution < -0.4 is 11.3 Å². The van der Waals surface area contributed by atoms with E-state index >= 15 is 0 Å². The van der Waals surface area contributed by atoms with Crippen LogP contribution in [-0.2, 0) is 6.54 Å². The number of aromatic amines is 1. The molecule has 0 unspecified atom stereocenters. The van der Waals surface area contributed by atoms with Crippen LogP contribution in [0.2, 0.25) is 5.02 Å². The second-order valence-electron chi connectivity index (χ2n) is 5.26. The third-order valence-corrected chi connectivity index (χ3v) is 4.04. The molecular weight excluding hydrogens is 316 g/mol. The number of nitrogens with zero attached hydrogens (tertiary/aromatic N) is 1. The van der Waals surface area contributed by atoms with Crippen LogP contribution >= 0.6 is 11.6 Å². The lowest BCUT2D eigenvalue weighted by molar-refractivity contribution is 0.519. The number of oxazole rings is 1. The number of halogens is 1. The van der Waals surface area contributed by atoms with E-state index in [1.165, 1.54) is 4.57 Å². The highest BCUT2D eigenvalue weighted by Gasteiger charge is 2.16. The SMILES string of the molecule is O=c1[nH]c2ccccc2c2oc(=O)n(Cc3ccc(Cl)cc3)c12. The zero-order valence-electron chi connectivity index (χ0n) is 11.9. The van der Waals surface area contributed by atoms with Gasteiger partial charge in [-0.1, -0.05) is 35.9 Å². The Hall–Kier alpha value is -2.79. The minimum atomic E-state index is -0.559. The van der Waals surface area contributed by atoms with Gasteiger partial charge in [-0.25, -0.2) is 4.79 Å². The Morgan fingerprint density at radius 2 is 1.78 bits per heavy atom. The molecule has 4 aromatic rings. The van der Waals surface area contributed by atoms with Crippen molar-refractivity contribution in [2.75, 3.05) is 0 Å². The zero-order valence-corrected chi connectivity index (χ0v) is 12.6. The summed E-state index contributed by atoms with van der Waals surface area (Å²) in [4.78, 5) is 27.4. The molecule has 0 saturated carbocycles. The van der Waals surface area contributed by atoms with Gasteiger partial charge in [-0.2, -0.15) is 0 Å². The van der Waals surface area contributed by atoms with Crippen LogP contribution in [0.25, 0.3) is 22.0 Å². The number of aromatic nitrogens is 2. The van der Waals surface area contributed by atoms with Crippen molar-refractivity contribution in [1.82, 2.24) is 9.55 Å². The first-order valence-electron chi connectivity index (χ1n) is 7.02. The molecule has 0 aliphatic rings. The second kappa shape index (κ2) is 5.14. The smallest absolute Gasteiger partial charge is 0.407 e. The molecule has 0 aliphatic carbocycles. The van der Waals surface area contributed by atoms with Gasteiger partial charge in [0.1, 0.15) is 0 Å². The Morgan fingerprint density at radius 3 is 2.57 bits per heavy atom. The summed E-state index contributed by atoms with van der Waals surface area (Å²) >= 11 is 5.87. The molecule has 114 valence electrons. The van der Waals surface area contributed by atoms with E-state index in [0.29, 0.717) is 21.5 Å². The van der Waals surface area contributed by atoms with Crippen molar-refractivity contribution >= 4 is 33.6 Å². The molecule has 5 nitrogen and oxygen atoms in total. The van der Waals surface area contributed by atoms with E-state index in [2.05, 4.69) is 4.98 Å². The number of fused-ring (bicyclic) bond motifs is 3. The highest BCUT2D eigenvalue weighted by atomic mass is 35.5. The second-order valence-corrected chi connectivity index (χ2v) is 5.69. The van der Waals surface area contributed by atoms with Gasteiger partial charge in [0.15, 0.2) is 11.1 Å². The monoisotopic (exact) mass is 326 g/mol. The normalized spacial score (nSPS) is 11.3. The number of benzene rings is 2. The van der Waals surface area contributed by atoms with E-state index in [9.17, 15) is 9.59 Å². The highest BCUT2D eigenvalue weighted by molar-refractivity contribution is 6.30. The molecule has 0 atom stereocenters. The maximum atomic E-state index is 12.4. The molecule has 0 amide bonds. The molecule has 23 heavy (non-hydrogen) atoms. The predicted octanol–water partition coefficient (Wildman–Crippen LogP) is 3.14. The Morgan fingerprint density at radius 1 is 1.04 bits per heavy atom. The van der Waals surface area contributed by atoms with Crippen molar-refractivity contribution in [3.8, 4) is 0 Å². The fourth-order valence-corrected chi connectivity index (χ4v) is 2.83. The Labute approximate surface area is 134 Å². The zero-order chi connectivity index (χ0) is 16.0. The third kappa shape index (κ3) is 2.26. The van der Waals surface area contributed by atoms with Crippen molar-refractivity contribution in [1.29, 1.82) is 0 Å². The number of nitrogens with one attached hydrogen (secondary N) is 1. The van der Waals surface area contributed by atoms with Crippen molar-refractivity contribution in [2.45, 2.75) is 6.54 Å². The maximum absolute atomic E-state index is 12.4. The van der Waals surface area contributed by atoms with Gasteiger partial charge in [-0.3, -0.25) is 9.36 Å². The quantitative estimate of drug-likeness (QED) is 0.615. The summed E-state index contributed by atoms with van der Waals surface area (Å²) in [6.45, 7) is 0.240. The summed E-state index contributed by atoms with van der Waals surface area (Å²) < 4.78 is 6.69. The van der Waals surface area contributed by atoms with Crippen LogP contribution in [0.4, 0.5) is 0 Å². The number of hydrogen-bond acceptors (Lipinski definition) is 3. The molecular formula is C17H11ClN2O3. The van der Waals surface area contributed by atoms with Gasteiger partial charge in [0.25, 0.3) is 5.56 Å². The molecule has 1 N–H and O–H groups in total. The van der Waals surface area contributed by atoms with E-state index in [1.54, 1.807) is 18.2 Å². The summed E-state index contributed by atoms with van der Waals surface area (Å²) in [6.07, 6.45) is 0. The molecule has 0 spiro atoms. The molecule has 4 rings (SSSR count). The van der Waals surface area contributed by atoms with Gasteiger partial charge >= 0.3 is 5.76 Å². The van der Waals surface area contributed by atoms with Crippen LogP contribution in [0.3, 0.4) is 0 Å². The number of para-hydroxylation sites is 1. The first-order chi connectivity index (χ1) is 11.1. The molecule has 0 radical (unpaired) electrons. The maximum Gasteiger partial charge on any atom is 0.420 e. The van der Waals surface area contributed by atoms with E-state index in [4.69, 9.17) is 16.0 Å². The van der Waals surface area contributed by atoms with Crippen molar-refractivity contribution in [3.05, 3.63) is 80.0 Å². The first kappa shape index (κ1) is 13.8. The molecule has 2 aromatic carbocycles. The summed E-state index contributed by atoms with van der Waals surface area (Å²) in [5.41, 5.74) is 1.69. The largest absolute Gasteiger partial charge is 0.420 e. The topological polar surface area (TPSA) is 68.0 Å². The van der Waals surface area contributed by atoms with Crippen molar-refractivity contribution in [2.24, 2.45) is 0 Å². The first-order valence-corrected chi connectivity index (χ1v) is 7.40. The van der Waals surface area contributed by atoms with Gasteiger partial charge in [-0.05, 0) is 29.8 Å². The average Bonchev–Trinajstić information content (AvgIpc) is 2.87. The minimum absolute atomic E-state index is 0.239. The van der Waals surface area contributed by atoms with Crippen LogP contribution in [0.15, 0.2) is 62.5 Å².